The van der Waals surface area contributed by atoms with Crippen LogP contribution in [-0.2, 0) is 10.8 Å². The van der Waals surface area contributed by atoms with Gasteiger partial charge >= 0.3 is 0 Å². The normalized spacial score (nSPS) is 14.3. The fraction of sp³-hybridized carbons (Fsp3) is 0.145. The van der Waals surface area contributed by atoms with Gasteiger partial charge in [-0.05, 0) is 102 Å². The molecule has 0 radical (unpaired) electrons. The number of nitrogens with zero attached hydrogens (tertiary/aromatic N) is 3. The highest BCUT2D eigenvalue weighted by molar-refractivity contribution is 6.13. The number of fused-ring (bicyclic) bond motifs is 4. The quantitative estimate of drug-likeness (QED) is 0.159. The molecule has 1 heterocycles. The van der Waals surface area contributed by atoms with E-state index in [9.17, 15) is 0 Å². The van der Waals surface area contributed by atoms with Crippen LogP contribution in [0.5, 0.6) is 0 Å². The van der Waals surface area contributed by atoms with E-state index in [1.54, 1.807) is 0 Å². The largest absolute Gasteiger partial charge is 0.208 e. The van der Waals surface area contributed by atoms with Gasteiger partial charge in [0.1, 0.15) is 0 Å². The lowest BCUT2D eigenvalue weighted by Crippen LogP contribution is -2.33. The third kappa shape index (κ3) is 6.47. The molecule has 1 aliphatic rings. The van der Waals surface area contributed by atoms with Gasteiger partial charge in [0.2, 0.25) is 0 Å². The smallest absolute Gasteiger partial charge is 0.164 e. The molecule has 0 saturated heterocycles. The maximum Gasteiger partial charge on any atom is 0.164 e. The van der Waals surface area contributed by atoms with Gasteiger partial charge in [-0.1, -0.05) is 191 Å². The summed E-state index contributed by atoms with van der Waals surface area (Å²) in [5.41, 5.74) is 13.1. The maximum atomic E-state index is 5.18. The average molecular weight is 748 g/mol. The van der Waals surface area contributed by atoms with Gasteiger partial charge in [0.15, 0.2) is 17.5 Å². The first kappa shape index (κ1) is 35.7. The monoisotopic (exact) mass is 747 g/mol. The van der Waals surface area contributed by atoms with Crippen molar-refractivity contribution in [2.24, 2.45) is 0 Å². The third-order valence-corrected chi connectivity index (χ3v) is 12.4. The molecule has 58 heavy (non-hydrogen) atoms. The molecule has 280 valence electrons. The molecule has 0 unspecified atom stereocenters. The molecular weight excluding hydrogens is 703 g/mol. The molecule has 0 amide bonds. The van der Waals surface area contributed by atoms with Crippen molar-refractivity contribution >= 4 is 21.5 Å². The van der Waals surface area contributed by atoms with E-state index >= 15 is 0 Å². The van der Waals surface area contributed by atoms with Crippen LogP contribution in [0.25, 0.3) is 89.1 Å². The lowest BCUT2D eigenvalue weighted by atomic mass is 9.63. The highest BCUT2D eigenvalue weighted by Gasteiger charge is 2.37. The summed E-state index contributed by atoms with van der Waals surface area (Å²) < 4.78 is 0. The minimum absolute atomic E-state index is 0.128. The van der Waals surface area contributed by atoms with E-state index < -0.39 is 0 Å². The molecule has 0 spiro atoms. The molecule has 0 fully saturated rings. The second kappa shape index (κ2) is 14.0. The Balaban J connectivity index is 1.07. The van der Waals surface area contributed by atoms with Crippen molar-refractivity contribution in [1.29, 1.82) is 0 Å². The van der Waals surface area contributed by atoms with Crippen LogP contribution in [0.2, 0.25) is 0 Å². The lowest BCUT2D eigenvalue weighted by Gasteiger charge is -2.42. The van der Waals surface area contributed by atoms with Crippen molar-refractivity contribution in [2.75, 3.05) is 0 Å². The molecule has 1 aliphatic carbocycles. The Morgan fingerprint density at radius 1 is 0.328 bits per heavy atom. The van der Waals surface area contributed by atoms with E-state index in [1.165, 1.54) is 62.2 Å². The Labute approximate surface area is 341 Å². The van der Waals surface area contributed by atoms with Crippen LogP contribution in [-0.4, -0.2) is 15.0 Å². The Morgan fingerprint density at radius 2 is 0.793 bits per heavy atom. The average Bonchev–Trinajstić information content (AvgIpc) is 3.28. The predicted octanol–water partition coefficient (Wildman–Crippen LogP) is 14.5. The summed E-state index contributed by atoms with van der Waals surface area (Å²) in [6, 6.07) is 63.1. The Kier molecular flexibility index (Phi) is 8.64. The summed E-state index contributed by atoms with van der Waals surface area (Å²) in [5, 5.41) is 5.00. The van der Waals surface area contributed by atoms with Crippen LogP contribution in [0.1, 0.15) is 51.7 Å². The maximum absolute atomic E-state index is 5.18. The molecule has 0 aliphatic heterocycles. The Hall–Kier alpha value is -6.71. The van der Waals surface area contributed by atoms with E-state index in [4.69, 9.17) is 15.0 Å². The van der Waals surface area contributed by atoms with Crippen molar-refractivity contribution in [2.45, 2.75) is 51.4 Å². The molecule has 9 aromatic rings. The van der Waals surface area contributed by atoms with Crippen molar-refractivity contribution in [3.05, 3.63) is 187 Å². The highest BCUT2D eigenvalue weighted by Crippen LogP contribution is 2.47. The molecule has 8 aromatic carbocycles. The van der Waals surface area contributed by atoms with Gasteiger partial charge in [-0.2, -0.15) is 0 Å². The fourth-order valence-corrected chi connectivity index (χ4v) is 8.90. The summed E-state index contributed by atoms with van der Waals surface area (Å²) in [6.07, 6.45) is 2.38. The second-order valence-corrected chi connectivity index (χ2v) is 17.1. The zero-order valence-corrected chi connectivity index (χ0v) is 33.5. The molecule has 0 N–H and O–H groups in total. The van der Waals surface area contributed by atoms with Gasteiger partial charge in [0.05, 0.1) is 0 Å². The summed E-state index contributed by atoms with van der Waals surface area (Å²) >= 11 is 0. The van der Waals surface area contributed by atoms with Crippen LogP contribution >= 0.6 is 0 Å². The van der Waals surface area contributed by atoms with Crippen LogP contribution in [0.15, 0.2) is 176 Å². The third-order valence-electron chi connectivity index (χ3n) is 12.4. The fourth-order valence-electron chi connectivity index (χ4n) is 8.90. The SMILES string of the molecule is CC1(C)CCC(C)(C)c2cc(-c3cccc(-c4nc(-c5ccc(-c6ccccc6)cc5)nc(-c5ccc(-c6cc7ccccc7c7ccccc67)cc5)n4)c3)ccc21. The molecule has 3 heteroatoms. The van der Waals surface area contributed by atoms with Crippen molar-refractivity contribution < 1.29 is 0 Å². The van der Waals surface area contributed by atoms with Crippen molar-refractivity contribution in [1.82, 2.24) is 15.0 Å². The lowest BCUT2D eigenvalue weighted by molar-refractivity contribution is 0.332. The van der Waals surface area contributed by atoms with E-state index in [0.29, 0.717) is 17.5 Å². The van der Waals surface area contributed by atoms with E-state index in [-0.39, 0.29) is 10.8 Å². The number of benzene rings is 8. The summed E-state index contributed by atoms with van der Waals surface area (Å²) in [6.45, 7) is 9.53. The van der Waals surface area contributed by atoms with Crippen molar-refractivity contribution in [3.63, 3.8) is 0 Å². The minimum Gasteiger partial charge on any atom is -0.208 e. The van der Waals surface area contributed by atoms with Gasteiger partial charge in [0, 0.05) is 16.7 Å². The van der Waals surface area contributed by atoms with Gasteiger partial charge in [-0.15, -0.1) is 0 Å². The zero-order valence-electron chi connectivity index (χ0n) is 33.5. The van der Waals surface area contributed by atoms with Crippen LogP contribution in [0.4, 0.5) is 0 Å². The van der Waals surface area contributed by atoms with Crippen LogP contribution in [0.3, 0.4) is 0 Å². The summed E-state index contributed by atoms with van der Waals surface area (Å²) in [5.74, 6) is 1.94. The highest BCUT2D eigenvalue weighted by atomic mass is 15.0. The van der Waals surface area contributed by atoms with E-state index in [1.807, 2.05) is 6.07 Å². The Bertz CT molecular complexity index is 2980. The molecule has 0 bridgehead atoms. The van der Waals surface area contributed by atoms with Gasteiger partial charge in [-0.3, -0.25) is 0 Å². The van der Waals surface area contributed by atoms with Gasteiger partial charge in [0.25, 0.3) is 0 Å². The zero-order chi connectivity index (χ0) is 39.4. The number of hydrogen-bond donors (Lipinski definition) is 0. The summed E-state index contributed by atoms with van der Waals surface area (Å²) in [7, 11) is 0. The topological polar surface area (TPSA) is 38.7 Å². The van der Waals surface area contributed by atoms with Gasteiger partial charge in [-0.25, -0.2) is 15.0 Å². The van der Waals surface area contributed by atoms with E-state index in [2.05, 4.69) is 198 Å². The van der Waals surface area contributed by atoms with Crippen molar-refractivity contribution in [3.8, 4) is 67.5 Å². The molecule has 0 saturated carbocycles. The standard InChI is InChI=1S/C55H45N3/c1-54(2)31-32-55(3,4)50-35-42(29-30-49(50)54)41-16-12-17-44(33-41)53-57-51(39-25-21-37(22-26-39)36-13-6-5-7-14-36)56-52(58-53)40-27-23-38(24-28-40)48-34-43-15-8-9-18-45(43)46-19-10-11-20-47(46)48/h5-30,33-35H,31-32H2,1-4H3. The number of rotatable bonds is 6. The number of aromatic nitrogens is 3. The predicted molar refractivity (Wildman–Crippen MR) is 243 cm³/mol. The molecule has 1 aromatic heterocycles. The first-order valence-electron chi connectivity index (χ1n) is 20.4. The molecule has 3 nitrogen and oxygen atoms in total. The summed E-state index contributed by atoms with van der Waals surface area (Å²) in [4.78, 5) is 15.5. The first-order chi connectivity index (χ1) is 28.2. The second-order valence-electron chi connectivity index (χ2n) is 17.1. The van der Waals surface area contributed by atoms with Crippen LogP contribution < -0.4 is 0 Å². The number of hydrogen-bond acceptors (Lipinski definition) is 3. The molecule has 10 rings (SSSR count). The van der Waals surface area contributed by atoms with Gasteiger partial charge < -0.3 is 0 Å². The Morgan fingerprint density at radius 3 is 1.48 bits per heavy atom. The van der Waals surface area contributed by atoms with Crippen LogP contribution in [0, 0.1) is 0 Å². The first-order valence-corrected chi connectivity index (χ1v) is 20.4. The molecular formula is C55H45N3. The minimum atomic E-state index is 0.128. The molecule has 0 atom stereocenters. The van der Waals surface area contributed by atoms with E-state index in [0.717, 1.165) is 33.4 Å².